The summed E-state index contributed by atoms with van der Waals surface area (Å²) in [6, 6.07) is 0. The minimum absolute atomic E-state index is 0.0131. The van der Waals surface area contributed by atoms with Crippen molar-refractivity contribution in [2.45, 2.75) is 73.1 Å². The summed E-state index contributed by atoms with van der Waals surface area (Å²) in [6.45, 7) is 10.8. The summed E-state index contributed by atoms with van der Waals surface area (Å²) >= 11 is 1.55. The Bertz CT molecular complexity index is 628. The van der Waals surface area contributed by atoms with E-state index in [9.17, 15) is 9.59 Å². The molecule has 1 aliphatic carbocycles. The molecule has 0 aromatic carbocycles. The van der Waals surface area contributed by atoms with Gasteiger partial charge in [0.1, 0.15) is 5.00 Å². The molecule has 0 unspecified atom stereocenters. The maximum atomic E-state index is 12.5. The maximum Gasteiger partial charge on any atom is 0.341 e. The average molecular weight is 366 g/mol. The Labute approximate surface area is 155 Å². The van der Waals surface area contributed by atoms with Gasteiger partial charge >= 0.3 is 5.97 Å². The molecule has 0 aliphatic heterocycles. The Morgan fingerprint density at radius 1 is 1.24 bits per heavy atom. The number of esters is 1. The Morgan fingerprint density at radius 3 is 2.56 bits per heavy atom. The molecule has 1 atom stereocenters. The second-order valence-electron chi connectivity index (χ2n) is 8.26. The molecule has 1 heterocycles. The molecule has 140 valence electrons. The van der Waals surface area contributed by atoms with Crippen molar-refractivity contribution >= 4 is 28.2 Å². The predicted molar refractivity (Wildman–Crippen MR) is 103 cm³/mol. The smallest absolute Gasteiger partial charge is 0.341 e. The topological polar surface area (TPSA) is 55.4 Å². The van der Waals surface area contributed by atoms with E-state index in [-0.39, 0.29) is 17.3 Å². The molecule has 5 heteroatoms. The predicted octanol–water partition coefficient (Wildman–Crippen LogP) is 5.20. The van der Waals surface area contributed by atoms with Gasteiger partial charge in [0, 0.05) is 11.3 Å². The third-order valence-electron chi connectivity index (χ3n) is 4.40. The van der Waals surface area contributed by atoms with Crippen molar-refractivity contribution in [1.82, 2.24) is 0 Å². The highest BCUT2D eigenvalue weighted by molar-refractivity contribution is 7.17. The monoisotopic (exact) mass is 365 g/mol. The van der Waals surface area contributed by atoms with Crippen LogP contribution in [0.15, 0.2) is 0 Å². The van der Waals surface area contributed by atoms with Crippen molar-refractivity contribution in [3.63, 3.8) is 0 Å². The van der Waals surface area contributed by atoms with E-state index in [0.717, 1.165) is 37.7 Å². The van der Waals surface area contributed by atoms with Crippen molar-refractivity contribution in [2.75, 3.05) is 11.9 Å². The van der Waals surface area contributed by atoms with Crippen molar-refractivity contribution < 1.29 is 14.3 Å². The molecule has 0 saturated carbocycles. The first-order valence-electron chi connectivity index (χ1n) is 9.32. The van der Waals surface area contributed by atoms with Crippen molar-refractivity contribution in [3.05, 3.63) is 16.0 Å². The summed E-state index contributed by atoms with van der Waals surface area (Å²) in [6.07, 6.45) is 5.59. The zero-order chi connectivity index (χ0) is 18.6. The zero-order valence-electron chi connectivity index (χ0n) is 16.2. The molecule has 0 spiro atoms. The van der Waals surface area contributed by atoms with Crippen LogP contribution >= 0.6 is 11.3 Å². The van der Waals surface area contributed by atoms with Gasteiger partial charge in [0.2, 0.25) is 5.91 Å². The quantitative estimate of drug-likeness (QED) is 0.705. The van der Waals surface area contributed by atoms with Crippen molar-refractivity contribution in [1.29, 1.82) is 0 Å². The number of thiophene rings is 1. The number of hydrogen-bond acceptors (Lipinski definition) is 4. The van der Waals surface area contributed by atoms with Crippen molar-refractivity contribution in [3.8, 4) is 0 Å². The highest BCUT2D eigenvalue weighted by atomic mass is 32.1. The summed E-state index contributed by atoms with van der Waals surface area (Å²) in [5.41, 5.74) is 1.89. The van der Waals surface area contributed by atoms with Crippen LogP contribution in [0, 0.1) is 11.3 Å². The van der Waals surface area contributed by atoms with Gasteiger partial charge in [-0.1, -0.05) is 27.7 Å². The molecule has 0 fully saturated rings. The molecule has 1 N–H and O–H groups in total. The van der Waals surface area contributed by atoms with Crippen LogP contribution in [-0.4, -0.2) is 18.5 Å². The van der Waals surface area contributed by atoms with E-state index < -0.39 is 0 Å². The van der Waals surface area contributed by atoms with E-state index in [1.807, 2.05) is 6.92 Å². The fraction of sp³-hybridized carbons (Fsp3) is 0.700. The van der Waals surface area contributed by atoms with Crippen LogP contribution in [-0.2, 0) is 22.4 Å². The summed E-state index contributed by atoms with van der Waals surface area (Å²) in [5, 5.41) is 3.68. The van der Waals surface area contributed by atoms with E-state index in [1.54, 1.807) is 11.3 Å². The maximum absolute atomic E-state index is 12.5. The van der Waals surface area contributed by atoms with Crippen LogP contribution in [0.4, 0.5) is 5.00 Å². The molecule has 1 amide bonds. The Morgan fingerprint density at radius 2 is 1.92 bits per heavy atom. The summed E-state index contributed by atoms with van der Waals surface area (Å²) in [4.78, 5) is 26.1. The van der Waals surface area contributed by atoms with Gasteiger partial charge in [-0.05, 0) is 55.9 Å². The van der Waals surface area contributed by atoms with Gasteiger partial charge in [0.05, 0.1) is 12.2 Å². The standard InChI is InChI=1S/C20H31NO3S/c1-6-24-19(23)17-14-9-7-8-10-15(14)25-18(17)21-16(22)11-13(2)12-20(3,4)5/h13H,6-12H2,1-5H3,(H,21,22)/t13-/m0/s1. The molecule has 1 aromatic rings. The first-order chi connectivity index (χ1) is 11.7. The molecule has 1 aliphatic rings. The Balaban J connectivity index is 2.14. The van der Waals surface area contributed by atoms with Gasteiger partial charge in [-0.25, -0.2) is 4.79 Å². The molecule has 4 nitrogen and oxygen atoms in total. The van der Waals surface area contributed by atoms with Crippen LogP contribution < -0.4 is 5.32 Å². The summed E-state index contributed by atoms with van der Waals surface area (Å²) in [5.74, 6) is -0.0125. The number of aryl methyl sites for hydroxylation is 1. The lowest BCUT2D eigenvalue weighted by Crippen LogP contribution is -2.20. The van der Waals surface area contributed by atoms with Crippen LogP contribution in [0.2, 0.25) is 0 Å². The number of ether oxygens (including phenoxy) is 1. The number of hydrogen-bond donors (Lipinski definition) is 1. The van der Waals surface area contributed by atoms with Gasteiger partial charge in [-0.15, -0.1) is 11.3 Å². The molecule has 0 saturated heterocycles. The van der Waals surface area contributed by atoms with Crippen LogP contribution in [0.3, 0.4) is 0 Å². The largest absolute Gasteiger partial charge is 0.462 e. The Hall–Kier alpha value is -1.36. The highest BCUT2D eigenvalue weighted by Gasteiger charge is 2.27. The third kappa shape index (κ3) is 5.56. The number of carbonyl (C=O) groups is 2. The second kappa shape index (κ2) is 8.35. The first-order valence-corrected chi connectivity index (χ1v) is 10.1. The molecule has 25 heavy (non-hydrogen) atoms. The normalized spacial score (nSPS) is 15.4. The average Bonchev–Trinajstić information content (AvgIpc) is 2.82. The molecular weight excluding hydrogens is 334 g/mol. The Kier molecular flexibility index (Phi) is 6.66. The lowest BCUT2D eigenvalue weighted by molar-refractivity contribution is -0.117. The van der Waals surface area contributed by atoms with Gasteiger partial charge in [-0.3, -0.25) is 4.79 Å². The number of anilines is 1. The first kappa shape index (κ1) is 20.0. The van der Waals surface area contributed by atoms with Crippen molar-refractivity contribution in [2.24, 2.45) is 11.3 Å². The van der Waals surface area contributed by atoms with Gasteiger partial charge in [0.25, 0.3) is 0 Å². The van der Waals surface area contributed by atoms with E-state index in [1.165, 1.54) is 4.88 Å². The van der Waals surface area contributed by atoms with Gasteiger partial charge in [0.15, 0.2) is 0 Å². The van der Waals surface area contributed by atoms with E-state index >= 15 is 0 Å². The molecule has 2 rings (SSSR count). The molecular formula is C20H31NO3S. The van der Waals surface area contributed by atoms with Crippen LogP contribution in [0.5, 0.6) is 0 Å². The lowest BCUT2D eigenvalue weighted by atomic mass is 9.84. The van der Waals surface area contributed by atoms with Gasteiger partial charge in [-0.2, -0.15) is 0 Å². The molecule has 0 bridgehead atoms. The molecule has 1 aromatic heterocycles. The van der Waals surface area contributed by atoms with E-state index in [2.05, 4.69) is 33.0 Å². The molecule has 0 radical (unpaired) electrons. The van der Waals surface area contributed by atoms with E-state index in [4.69, 9.17) is 4.74 Å². The second-order valence-corrected chi connectivity index (χ2v) is 9.36. The fourth-order valence-corrected chi connectivity index (χ4v) is 4.98. The third-order valence-corrected chi connectivity index (χ3v) is 5.61. The van der Waals surface area contributed by atoms with Crippen LogP contribution in [0.1, 0.15) is 81.1 Å². The number of rotatable bonds is 6. The zero-order valence-corrected chi connectivity index (χ0v) is 17.0. The summed E-state index contributed by atoms with van der Waals surface area (Å²) in [7, 11) is 0. The highest BCUT2D eigenvalue weighted by Crippen LogP contribution is 2.39. The lowest BCUT2D eigenvalue weighted by Gasteiger charge is -2.22. The number of nitrogens with one attached hydrogen (secondary N) is 1. The number of fused-ring (bicyclic) bond motifs is 1. The van der Waals surface area contributed by atoms with Crippen LogP contribution in [0.25, 0.3) is 0 Å². The SMILES string of the molecule is CCOC(=O)c1c(NC(=O)C[C@H](C)CC(C)(C)C)sc2c1CCCC2. The minimum atomic E-state index is -0.306. The number of amides is 1. The number of carbonyl (C=O) groups excluding carboxylic acids is 2. The van der Waals surface area contributed by atoms with E-state index in [0.29, 0.717) is 29.5 Å². The minimum Gasteiger partial charge on any atom is -0.462 e. The fourth-order valence-electron chi connectivity index (χ4n) is 3.68. The van der Waals surface area contributed by atoms with Gasteiger partial charge < -0.3 is 10.1 Å². The summed E-state index contributed by atoms with van der Waals surface area (Å²) < 4.78 is 5.24.